The minimum Gasteiger partial charge on any atom is -0.530 e. The smallest absolute Gasteiger partial charge is 0.383 e. The van der Waals surface area contributed by atoms with E-state index in [2.05, 4.69) is 5.32 Å². The number of fused-ring (bicyclic) bond motifs is 1. The van der Waals surface area contributed by atoms with Gasteiger partial charge in [0.05, 0.1) is 6.04 Å². The number of carbonyl (C=O) groups excluding carboxylic acids is 4. The standard InChI is InChI=1S/C40H41F2N3O6/c1-27(2)35(45(39(49)50)24-29-11-5-3-6-12-29)37(47)43-34(23-28-17-19-33(20-18-28)51-26-30-13-7-4-8-14-30)36(46)40(41,42)38(48)44-22-21-31-15-9-10-16-32(31)25-44/h3-20,27,34-35H,21-26H2,1-2H3,(H,43,47)(H,49,50)/p-1/t34-,35-/m0/s1. The first-order valence-corrected chi connectivity index (χ1v) is 16.8. The minimum absolute atomic E-state index is 0.00430. The van der Waals surface area contributed by atoms with Gasteiger partial charge in [0, 0.05) is 26.1 Å². The Balaban J connectivity index is 1.39. The molecule has 0 radical (unpaired) electrons. The number of hydrogen-bond donors (Lipinski definition) is 1. The number of nitrogens with zero attached hydrogens (tertiary/aromatic N) is 2. The van der Waals surface area contributed by atoms with E-state index in [1.54, 1.807) is 80.6 Å². The summed E-state index contributed by atoms with van der Waals surface area (Å²) in [5.41, 5.74) is 3.56. The van der Waals surface area contributed by atoms with Gasteiger partial charge in [-0.25, -0.2) is 0 Å². The molecule has 1 aliphatic rings. The van der Waals surface area contributed by atoms with E-state index < -0.39 is 54.0 Å². The molecule has 0 saturated carbocycles. The zero-order valence-electron chi connectivity index (χ0n) is 28.5. The maximum absolute atomic E-state index is 16.0. The molecule has 0 saturated heterocycles. The Labute approximate surface area is 295 Å². The molecule has 0 aromatic heterocycles. The quantitative estimate of drug-likeness (QED) is 0.187. The molecule has 51 heavy (non-hydrogen) atoms. The van der Waals surface area contributed by atoms with E-state index in [1.165, 1.54) is 0 Å². The number of hydrogen-bond acceptors (Lipinski definition) is 6. The summed E-state index contributed by atoms with van der Waals surface area (Å²) in [7, 11) is 0. The van der Waals surface area contributed by atoms with Crippen molar-refractivity contribution in [2.75, 3.05) is 6.54 Å². The SMILES string of the molecule is CC(C)[C@@H](C(=O)N[C@@H](Cc1ccc(OCc2ccccc2)cc1)C(=O)C(F)(F)C(=O)N1CCc2ccccc2C1)N(Cc1ccccc1)C(=O)[O-]. The van der Waals surface area contributed by atoms with Crippen molar-refractivity contribution in [1.29, 1.82) is 0 Å². The van der Waals surface area contributed by atoms with Gasteiger partial charge < -0.3 is 29.8 Å². The van der Waals surface area contributed by atoms with Crippen molar-refractivity contribution in [3.05, 3.63) is 137 Å². The number of alkyl halides is 2. The molecule has 0 spiro atoms. The second-order valence-corrected chi connectivity index (χ2v) is 12.9. The molecule has 2 atom stereocenters. The molecule has 0 aliphatic carbocycles. The molecule has 11 heteroatoms. The lowest BCUT2D eigenvalue weighted by Crippen LogP contribution is -2.61. The van der Waals surface area contributed by atoms with Crippen LogP contribution in [0.25, 0.3) is 0 Å². The van der Waals surface area contributed by atoms with Crippen molar-refractivity contribution in [2.45, 2.75) is 64.4 Å². The number of benzene rings is 4. The van der Waals surface area contributed by atoms with Gasteiger partial charge in [-0.15, -0.1) is 0 Å². The lowest BCUT2D eigenvalue weighted by Gasteiger charge is -2.36. The van der Waals surface area contributed by atoms with Crippen LogP contribution in [0, 0.1) is 5.92 Å². The van der Waals surface area contributed by atoms with Gasteiger partial charge in [-0.1, -0.05) is 111 Å². The van der Waals surface area contributed by atoms with Crippen LogP contribution in [-0.2, 0) is 46.9 Å². The van der Waals surface area contributed by atoms with Crippen molar-refractivity contribution >= 4 is 23.7 Å². The van der Waals surface area contributed by atoms with Crippen LogP contribution >= 0.6 is 0 Å². The van der Waals surface area contributed by atoms with Gasteiger partial charge in [0.1, 0.15) is 24.5 Å². The Morgan fingerprint density at radius 2 is 1.41 bits per heavy atom. The van der Waals surface area contributed by atoms with Crippen molar-refractivity contribution in [3.8, 4) is 5.75 Å². The predicted octanol–water partition coefficient (Wildman–Crippen LogP) is 4.95. The molecule has 1 aliphatic heterocycles. The Morgan fingerprint density at radius 3 is 2.02 bits per heavy atom. The van der Waals surface area contributed by atoms with Gasteiger partial charge in [0.25, 0.3) is 0 Å². The number of amides is 3. The second-order valence-electron chi connectivity index (χ2n) is 12.9. The molecule has 266 valence electrons. The first kappa shape index (κ1) is 36.7. The maximum Gasteiger partial charge on any atom is 0.383 e. The summed E-state index contributed by atoms with van der Waals surface area (Å²) in [5.74, 6) is -9.07. The molecule has 4 aromatic rings. The second kappa shape index (κ2) is 16.4. The summed E-state index contributed by atoms with van der Waals surface area (Å²) >= 11 is 0. The summed E-state index contributed by atoms with van der Waals surface area (Å²) in [6.45, 7) is 3.18. The van der Waals surface area contributed by atoms with Crippen LogP contribution in [-0.4, -0.2) is 58.0 Å². The molecule has 9 nitrogen and oxygen atoms in total. The van der Waals surface area contributed by atoms with E-state index >= 15 is 8.78 Å². The van der Waals surface area contributed by atoms with Crippen LogP contribution in [0.5, 0.6) is 5.75 Å². The number of nitrogens with one attached hydrogen (secondary N) is 1. The van der Waals surface area contributed by atoms with E-state index in [0.717, 1.165) is 20.9 Å². The van der Waals surface area contributed by atoms with Gasteiger partial charge in [0.2, 0.25) is 11.7 Å². The van der Waals surface area contributed by atoms with E-state index in [1.807, 2.05) is 42.5 Å². The number of Topliss-reactive ketones (excluding diaryl/α,β-unsaturated/α-hetero) is 1. The number of carboxylic acid groups (broad SMARTS) is 1. The fraction of sp³-hybridized carbons (Fsp3) is 0.300. The van der Waals surface area contributed by atoms with Crippen molar-refractivity contribution < 1.29 is 37.8 Å². The first-order valence-electron chi connectivity index (χ1n) is 16.8. The molecule has 1 heterocycles. The summed E-state index contributed by atoms with van der Waals surface area (Å²) in [6.07, 6.45) is -1.70. The fourth-order valence-electron chi connectivity index (χ4n) is 6.22. The predicted molar refractivity (Wildman–Crippen MR) is 184 cm³/mol. The zero-order chi connectivity index (χ0) is 36.5. The molecule has 5 rings (SSSR count). The van der Waals surface area contributed by atoms with E-state index in [4.69, 9.17) is 4.74 Å². The monoisotopic (exact) mass is 696 g/mol. The molecule has 3 amide bonds. The summed E-state index contributed by atoms with van der Waals surface area (Å²) in [6, 6.07) is 28.3. The average molecular weight is 697 g/mol. The Hall–Kier alpha value is -5.58. The van der Waals surface area contributed by atoms with Gasteiger partial charge >= 0.3 is 11.8 Å². The fourth-order valence-corrected chi connectivity index (χ4v) is 6.22. The van der Waals surface area contributed by atoms with Crippen LogP contribution in [0.15, 0.2) is 109 Å². The highest BCUT2D eigenvalue weighted by Crippen LogP contribution is 2.27. The zero-order valence-corrected chi connectivity index (χ0v) is 28.5. The summed E-state index contributed by atoms with van der Waals surface area (Å²) < 4.78 is 37.8. The third-order valence-electron chi connectivity index (χ3n) is 8.91. The van der Waals surface area contributed by atoms with E-state index in [0.29, 0.717) is 35.5 Å². The van der Waals surface area contributed by atoms with Gasteiger partial charge in [-0.2, -0.15) is 8.78 Å². The molecular formula is C40H40F2N3O6-. The Kier molecular flexibility index (Phi) is 11.8. The number of ketones is 1. The van der Waals surface area contributed by atoms with Crippen LogP contribution in [0.2, 0.25) is 0 Å². The number of rotatable bonds is 14. The van der Waals surface area contributed by atoms with Gasteiger partial charge in [-0.3, -0.25) is 14.4 Å². The number of halogens is 2. The lowest BCUT2D eigenvalue weighted by atomic mass is 9.94. The Bertz CT molecular complexity index is 1820. The molecule has 0 unspecified atom stereocenters. The van der Waals surface area contributed by atoms with Crippen LogP contribution in [0.1, 0.15) is 41.7 Å². The first-order chi connectivity index (χ1) is 24.4. The van der Waals surface area contributed by atoms with Crippen molar-refractivity contribution in [3.63, 3.8) is 0 Å². The molecule has 0 fully saturated rings. The molecular weight excluding hydrogens is 656 g/mol. The average Bonchev–Trinajstić information content (AvgIpc) is 3.13. The maximum atomic E-state index is 16.0. The molecule has 1 N–H and O–H groups in total. The third-order valence-corrected chi connectivity index (χ3v) is 8.91. The number of ether oxygens (including phenoxy) is 1. The minimum atomic E-state index is -4.49. The van der Waals surface area contributed by atoms with Gasteiger partial charge in [-0.05, 0) is 52.3 Å². The van der Waals surface area contributed by atoms with Gasteiger partial charge in [0.15, 0.2) is 0 Å². The highest BCUT2D eigenvalue weighted by molar-refractivity contribution is 6.10. The highest BCUT2D eigenvalue weighted by Gasteiger charge is 2.53. The van der Waals surface area contributed by atoms with Crippen LogP contribution in [0.3, 0.4) is 0 Å². The van der Waals surface area contributed by atoms with Crippen molar-refractivity contribution in [1.82, 2.24) is 15.1 Å². The summed E-state index contributed by atoms with van der Waals surface area (Å²) in [5, 5.41) is 14.7. The normalized spacial score (nSPS) is 13.9. The number of carbonyl (C=O) groups is 4. The summed E-state index contributed by atoms with van der Waals surface area (Å²) in [4.78, 5) is 55.1. The van der Waals surface area contributed by atoms with Crippen LogP contribution in [0.4, 0.5) is 13.6 Å². The highest BCUT2D eigenvalue weighted by atomic mass is 19.3. The lowest BCUT2D eigenvalue weighted by molar-refractivity contribution is -0.269. The topological polar surface area (TPSA) is 119 Å². The molecule has 0 bridgehead atoms. The van der Waals surface area contributed by atoms with E-state index in [9.17, 15) is 24.3 Å². The molecule has 4 aromatic carbocycles. The largest absolute Gasteiger partial charge is 0.530 e. The third kappa shape index (κ3) is 9.16. The van der Waals surface area contributed by atoms with Crippen LogP contribution < -0.4 is 15.2 Å². The Morgan fingerprint density at radius 1 is 0.824 bits per heavy atom. The van der Waals surface area contributed by atoms with Crippen molar-refractivity contribution in [2.24, 2.45) is 5.92 Å². The van der Waals surface area contributed by atoms with E-state index in [-0.39, 0.29) is 19.6 Å².